The highest BCUT2D eigenvalue weighted by Crippen LogP contribution is 2.31. The molecule has 144 valence electrons. The number of rotatable bonds is 4. The predicted octanol–water partition coefficient (Wildman–Crippen LogP) is 2.85. The normalized spacial score (nSPS) is 20.1. The lowest BCUT2D eigenvalue weighted by atomic mass is 9.89. The molecular weight excluding hydrogens is 347 g/mol. The summed E-state index contributed by atoms with van der Waals surface area (Å²) in [6, 6.07) is 10.1. The summed E-state index contributed by atoms with van der Waals surface area (Å²) in [5.41, 5.74) is 0.678. The highest BCUT2D eigenvalue weighted by Gasteiger charge is 2.40. The number of carbonyl (C=O) groups excluding carboxylic acids is 1. The van der Waals surface area contributed by atoms with Gasteiger partial charge in [0.05, 0.1) is 31.4 Å². The van der Waals surface area contributed by atoms with E-state index in [0.717, 1.165) is 43.8 Å². The molecule has 2 aliphatic rings. The minimum Gasteiger partial charge on any atom is -0.468 e. The quantitative estimate of drug-likeness (QED) is 0.828. The van der Waals surface area contributed by atoms with Gasteiger partial charge in [-0.25, -0.2) is 4.39 Å². The van der Waals surface area contributed by atoms with E-state index in [4.69, 9.17) is 9.15 Å². The number of nitrogens with zero attached hydrogens (tertiary/aromatic N) is 2. The molecule has 0 N–H and O–H groups in total. The first-order valence-corrected chi connectivity index (χ1v) is 9.53. The third-order valence-electron chi connectivity index (χ3n) is 5.58. The van der Waals surface area contributed by atoms with E-state index in [0.29, 0.717) is 26.1 Å². The van der Waals surface area contributed by atoms with Crippen molar-refractivity contribution in [3.05, 3.63) is 59.8 Å². The molecule has 4 rings (SSSR count). The molecule has 2 fully saturated rings. The molecule has 0 saturated carbocycles. The van der Waals surface area contributed by atoms with Crippen molar-refractivity contribution >= 4 is 5.91 Å². The number of ether oxygens (including phenoxy) is 1. The molecule has 0 bridgehead atoms. The van der Waals surface area contributed by atoms with Crippen LogP contribution in [0.15, 0.2) is 47.1 Å². The second-order valence-corrected chi connectivity index (χ2v) is 7.51. The van der Waals surface area contributed by atoms with Crippen molar-refractivity contribution in [2.45, 2.75) is 31.4 Å². The third-order valence-corrected chi connectivity index (χ3v) is 5.58. The fraction of sp³-hybridized carbons (Fsp3) is 0.476. The van der Waals surface area contributed by atoms with Crippen molar-refractivity contribution in [1.82, 2.24) is 9.80 Å². The first-order valence-electron chi connectivity index (χ1n) is 9.53. The monoisotopic (exact) mass is 372 g/mol. The number of piperidine rings is 1. The Kier molecular flexibility index (Phi) is 5.27. The number of likely N-dealkylation sites (tertiary alicyclic amines) is 1. The molecular formula is C21H25FN2O3. The summed E-state index contributed by atoms with van der Waals surface area (Å²) in [4.78, 5) is 16.8. The van der Waals surface area contributed by atoms with Gasteiger partial charge in [-0.05, 0) is 42.7 Å². The van der Waals surface area contributed by atoms with Crippen LogP contribution in [0.5, 0.6) is 0 Å². The molecule has 0 aliphatic carbocycles. The van der Waals surface area contributed by atoms with Gasteiger partial charge >= 0.3 is 0 Å². The lowest BCUT2D eigenvalue weighted by Crippen LogP contribution is -2.57. The maximum Gasteiger partial charge on any atom is 0.226 e. The van der Waals surface area contributed by atoms with E-state index in [-0.39, 0.29) is 17.3 Å². The molecule has 3 heterocycles. The van der Waals surface area contributed by atoms with Gasteiger partial charge in [0.2, 0.25) is 5.91 Å². The highest BCUT2D eigenvalue weighted by molar-refractivity contribution is 5.78. The largest absolute Gasteiger partial charge is 0.468 e. The van der Waals surface area contributed by atoms with Gasteiger partial charge in [-0.1, -0.05) is 12.1 Å². The second kappa shape index (κ2) is 7.82. The molecule has 2 aromatic rings. The molecule has 2 aliphatic heterocycles. The Morgan fingerprint density at radius 2 is 1.89 bits per heavy atom. The van der Waals surface area contributed by atoms with Gasteiger partial charge in [0.25, 0.3) is 0 Å². The Balaban J connectivity index is 1.31. The average molecular weight is 372 g/mol. The average Bonchev–Trinajstić information content (AvgIpc) is 3.17. The van der Waals surface area contributed by atoms with E-state index in [2.05, 4.69) is 4.90 Å². The molecule has 0 unspecified atom stereocenters. The molecule has 5 nitrogen and oxygen atoms in total. The van der Waals surface area contributed by atoms with E-state index in [1.807, 2.05) is 17.0 Å². The van der Waals surface area contributed by atoms with Crippen LogP contribution in [-0.4, -0.2) is 54.1 Å². The second-order valence-electron chi connectivity index (χ2n) is 7.51. The maximum atomic E-state index is 13.0. The molecule has 2 saturated heterocycles. The first-order chi connectivity index (χ1) is 13.1. The topological polar surface area (TPSA) is 45.9 Å². The van der Waals surface area contributed by atoms with Crippen molar-refractivity contribution in [3.8, 4) is 0 Å². The van der Waals surface area contributed by atoms with Crippen LogP contribution in [0.25, 0.3) is 0 Å². The Hall–Kier alpha value is -2.18. The number of amides is 1. The number of benzene rings is 1. The summed E-state index contributed by atoms with van der Waals surface area (Å²) in [6.45, 7) is 4.68. The van der Waals surface area contributed by atoms with Gasteiger partial charge in [-0.15, -0.1) is 0 Å². The summed E-state index contributed by atoms with van der Waals surface area (Å²) >= 11 is 0. The molecule has 1 amide bonds. The Morgan fingerprint density at radius 1 is 1.11 bits per heavy atom. The summed E-state index contributed by atoms with van der Waals surface area (Å²) < 4.78 is 24.6. The van der Waals surface area contributed by atoms with Gasteiger partial charge < -0.3 is 14.1 Å². The highest BCUT2D eigenvalue weighted by atomic mass is 19.1. The number of carbonyl (C=O) groups is 1. The number of hydrogen-bond donors (Lipinski definition) is 0. The molecule has 0 atom stereocenters. The Bertz CT molecular complexity index is 752. The molecule has 1 aromatic heterocycles. The van der Waals surface area contributed by atoms with E-state index in [1.54, 1.807) is 18.4 Å². The summed E-state index contributed by atoms with van der Waals surface area (Å²) in [7, 11) is 0. The van der Waals surface area contributed by atoms with Crippen LogP contribution in [0.4, 0.5) is 4.39 Å². The van der Waals surface area contributed by atoms with E-state index in [9.17, 15) is 9.18 Å². The van der Waals surface area contributed by atoms with Crippen LogP contribution in [-0.2, 0) is 22.5 Å². The Labute approximate surface area is 158 Å². The van der Waals surface area contributed by atoms with E-state index in [1.165, 1.54) is 12.1 Å². The van der Waals surface area contributed by atoms with Crippen LogP contribution in [0.2, 0.25) is 0 Å². The molecule has 0 radical (unpaired) electrons. The van der Waals surface area contributed by atoms with E-state index < -0.39 is 0 Å². The molecule has 1 aromatic carbocycles. The number of morpholine rings is 1. The summed E-state index contributed by atoms with van der Waals surface area (Å²) in [5, 5.41) is 0. The molecule has 1 spiro atoms. The van der Waals surface area contributed by atoms with E-state index >= 15 is 0 Å². The molecule has 6 heteroatoms. The van der Waals surface area contributed by atoms with Crippen molar-refractivity contribution < 1.29 is 18.3 Å². The van der Waals surface area contributed by atoms with Crippen LogP contribution >= 0.6 is 0 Å². The van der Waals surface area contributed by atoms with Crippen LogP contribution in [0, 0.1) is 5.82 Å². The van der Waals surface area contributed by atoms with Crippen molar-refractivity contribution in [2.75, 3.05) is 32.8 Å². The standard InChI is InChI=1S/C21H25FN2O3/c22-18-5-3-17(4-6-18)14-20(25)24-9-7-21(8-10-24)16-23(11-13-27-21)15-19-2-1-12-26-19/h1-6,12H,7-11,13-16H2. The fourth-order valence-corrected chi connectivity index (χ4v) is 4.04. The van der Waals surface area contributed by atoms with Gasteiger partial charge in [-0.2, -0.15) is 0 Å². The third kappa shape index (κ3) is 4.39. The van der Waals surface area contributed by atoms with Crippen molar-refractivity contribution in [3.63, 3.8) is 0 Å². The van der Waals surface area contributed by atoms with Crippen LogP contribution in [0.3, 0.4) is 0 Å². The van der Waals surface area contributed by atoms with Crippen molar-refractivity contribution in [1.29, 1.82) is 0 Å². The summed E-state index contributed by atoms with van der Waals surface area (Å²) in [5.74, 6) is 0.790. The number of hydrogen-bond acceptors (Lipinski definition) is 4. The van der Waals surface area contributed by atoms with Gasteiger partial charge in [0.1, 0.15) is 11.6 Å². The van der Waals surface area contributed by atoms with Gasteiger partial charge in [-0.3, -0.25) is 9.69 Å². The van der Waals surface area contributed by atoms with Gasteiger partial charge in [0.15, 0.2) is 0 Å². The minimum atomic E-state index is -0.278. The zero-order valence-corrected chi connectivity index (χ0v) is 15.4. The minimum absolute atomic E-state index is 0.0970. The zero-order valence-electron chi connectivity index (χ0n) is 15.4. The van der Waals surface area contributed by atoms with Crippen molar-refractivity contribution in [2.24, 2.45) is 0 Å². The lowest BCUT2D eigenvalue weighted by Gasteiger charge is -2.47. The number of halogens is 1. The smallest absolute Gasteiger partial charge is 0.226 e. The van der Waals surface area contributed by atoms with Crippen LogP contribution < -0.4 is 0 Å². The SMILES string of the molecule is O=C(Cc1ccc(F)cc1)N1CCC2(CC1)CN(Cc1ccco1)CCO2. The van der Waals surface area contributed by atoms with Gasteiger partial charge in [0, 0.05) is 26.2 Å². The lowest BCUT2D eigenvalue weighted by molar-refractivity contribution is -0.151. The summed E-state index contributed by atoms with van der Waals surface area (Å²) in [6.07, 6.45) is 3.71. The maximum absolute atomic E-state index is 13.0. The molecule has 27 heavy (non-hydrogen) atoms. The first kappa shape index (κ1) is 18.2. The fourth-order valence-electron chi connectivity index (χ4n) is 4.04. The Morgan fingerprint density at radius 3 is 2.59 bits per heavy atom. The zero-order chi connectivity index (χ0) is 18.7. The number of furan rings is 1. The predicted molar refractivity (Wildman–Crippen MR) is 98.6 cm³/mol. The van der Waals surface area contributed by atoms with Crippen LogP contribution in [0.1, 0.15) is 24.2 Å².